The van der Waals surface area contributed by atoms with Crippen LogP contribution in [0.5, 0.6) is 0 Å². The van der Waals surface area contributed by atoms with Gasteiger partial charge in [0.05, 0.1) is 0 Å². The zero-order valence-electron chi connectivity index (χ0n) is 13.4. The van der Waals surface area contributed by atoms with Crippen LogP contribution >= 0.6 is 0 Å². The summed E-state index contributed by atoms with van der Waals surface area (Å²) < 4.78 is 0. The summed E-state index contributed by atoms with van der Waals surface area (Å²) in [4.78, 5) is 24.9. The van der Waals surface area contributed by atoms with Crippen molar-refractivity contribution in [3.05, 3.63) is 24.3 Å². The predicted octanol–water partition coefficient (Wildman–Crippen LogP) is 3.82. The molecule has 2 nitrogen and oxygen atoms in total. The van der Waals surface area contributed by atoms with Gasteiger partial charge in [0.2, 0.25) is 0 Å². The van der Waals surface area contributed by atoms with Crippen molar-refractivity contribution in [2.45, 2.75) is 41.5 Å². The Morgan fingerprint density at radius 2 is 1.00 bits per heavy atom. The van der Waals surface area contributed by atoms with Gasteiger partial charge in [-0.15, -0.1) is 0 Å². The van der Waals surface area contributed by atoms with Crippen molar-refractivity contribution in [3.63, 3.8) is 0 Å². The number of carbonyl (C=O) groups is 2. The van der Waals surface area contributed by atoms with E-state index in [0.717, 1.165) is 0 Å². The summed E-state index contributed by atoms with van der Waals surface area (Å²) in [6.07, 6.45) is 7.34. The number of hydrogen-bond acceptors (Lipinski definition) is 2. The van der Waals surface area contributed by atoms with E-state index in [2.05, 4.69) is 53.7 Å². The lowest BCUT2D eigenvalue weighted by atomic mass is 9.55. The van der Waals surface area contributed by atoms with Crippen molar-refractivity contribution < 1.29 is 9.59 Å². The zero-order valence-corrected chi connectivity index (χ0v) is 13.4. The predicted molar refractivity (Wildman–Crippen MR) is 81.2 cm³/mol. The van der Waals surface area contributed by atoms with E-state index in [4.69, 9.17) is 0 Å². The molecule has 0 N–H and O–H groups in total. The van der Waals surface area contributed by atoms with Gasteiger partial charge in [0.15, 0.2) is 11.6 Å². The Morgan fingerprint density at radius 3 is 1.25 bits per heavy atom. The molecular formula is C18H26O2. The Labute approximate surface area is 122 Å². The van der Waals surface area contributed by atoms with Crippen LogP contribution in [0.1, 0.15) is 41.5 Å². The van der Waals surface area contributed by atoms with Crippen molar-refractivity contribution in [2.24, 2.45) is 34.5 Å². The summed E-state index contributed by atoms with van der Waals surface area (Å²) >= 11 is 0. The SMILES string of the molecule is CC(C)(C)C1C=CC(C(C)(C)C)C2C(=O)C=CC(=O)C21. The van der Waals surface area contributed by atoms with Gasteiger partial charge in [-0.25, -0.2) is 0 Å². The van der Waals surface area contributed by atoms with Gasteiger partial charge in [-0.3, -0.25) is 9.59 Å². The van der Waals surface area contributed by atoms with Gasteiger partial charge >= 0.3 is 0 Å². The maximum Gasteiger partial charge on any atom is 0.160 e. The first-order chi connectivity index (χ1) is 9.03. The van der Waals surface area contributed by atoms with Gasteiger partial charge in [0.25, 0.3) is 0 Å². The third-order valence-electron chi connectivity index (χ3n) is 4.76. The molecule has 0 bridgehead atoms. The standard InChI is InChI=1S/C18H26O2/c1-17(2,3)11-7-8-12(18(4,5)6)16-14(20)10-9-13(19)15(11)16/h7-12,15-16H,1-6H3. The molecule has 0 heterocycles. The van der Waals surface area contributed by atoms with Crippen LogP contribution in [0.3, 0.4) is 0 Å². The van der Waals surface area contributed by atoms with Crippen LogP contribution in [0.25, 0.3) is 0 Å². The van der Waals surface area contributed by atoms with Crippen molar-refractivity contribution in [1.82, 2.24) is 0 Å². The minimum absolute atomic E-state index is 0.0105. The molecule has 0 aromatic carbocycles. The summed E-state index contributed by atoms with van der Waals surface area (Å²) in [7, 11) is 0. The van der Waals surface area contributed by atoms with Crippen molar-refractivity contribution in [1.29, 1.82) is 0 Å². The van der Waals surface area contributed by atoms with E-state index in [0.29, 0.717) is 0 Å². The maximum atomic E-state index is 12.4. The molecule has 0 saturated heterocycles. The minimum Gasteiger partial charge on any atom is -0.294 e. The van der Waals surface area contributed by atoms with Crippen molar-refractivity contribution in [3.8, 4) is 0 Å². The molecule has 0 spiro atoms. The van der Waals surface area contributed by atoms with Crippen LogP contribution in [0, 0.1) is 34.5 Å². The highest BCUT2D eigenvalue weighted by Gasteiger charge is 2.50. The molecule has 0 radical (unpaired) electrons. The average molecular weight is 274 g/mol. The highest BCUT2D eigenvalue weighted by Crippen LogP contribution is 2.49. The smallest absolute Gasteiger partial charge is 0.160 e. The van der Waals surface area contributed by atoms with E-state index in [1.54, 1.807) is 0 Å². The lowest BCUT2D eigenvalue weighted by Gasteiger charge is -2.47. The Hall–Kier alpha value is -1.18. The fourth-order valence-corrected chi connectivity index (χ4v) is 3.67. The summed E-state index contributed by atoms with van der Waals surface area (Å²) in [5, 5.41) is 0. The lowest BCUT2D eigenvalue weighted by molar-refractivity contribution is -0.135. The Morgan fingerprint density at radius 1 is 0.700 bits per heavy atom. The fraction of sp³-hybridized carbons (Fsp3) is 0.667. The van der Waals surface area contributed by atoms with E-state index in [9.17, 15) is 9.59 Å². The largest absolute Gasteiger partial charge is 0.294 e. The molecule has 0 aromatic heterocycles. The number of hydrogen-bond donors (Lipinski definition) is 0. The molecule has 20 heavy (non-hydrogen) atoms. The van der Waals surface area contributed by atoms with E-state index in [-0.39, 0.29) is 46.1 Å². The molecule has 110 valence electrons. The van der Waals surface area contributed by atoms with Crippen LogP contribution < -0.4 is 0 Å². The van der Waals surface area contributed by atoms with Crippen LogP contribution in [-0.2, 0) is 9.59 Å². The van der Waals surface area contributed by atoms with Gasteiger partial charge in [-0.05, 0) is 34.8 Å². The van der Waals surface area contributed by atoms with Gasteiger partial charge in [0, 0.05) is 11.8 Å². The normalized spacial score (nSPS) is 34.3. The molecule has 0 aliphatic heterocycles. The fourth-order valence-electron chi connectivity index (χ4n) is 3.67. The number of ketones is 2. The van der Waals surface area contributed by atoms with E-state index >= 15 is 0 Å². The number of carbonyl (C=O) groups excluding carboxylic acids is 2. The number of allylic oxidation sites excluding steroid dienone is 4. The first kappa shape index (κ1) is 15.2. The Bertz CT molecular complexity index is 439. The topological polar surface area (TPSA) is 34.1 Å². The second-order valence-electron chi connectivity index (χ2n) is 8.36. The quantitative estimate of drug-likeness (QED) is 0.629. The molecule has 4 unspecified atom stereocenters. The minimum atomic E-state index is -0.193. The number of fused-ring (bicyclic) bond motifs is 1. The molecule has 0 aromatic rings. The van der Waals surface area contributed by atoms with E-state index in [1.807, 2.05) is 0 Å². The lowest BCUT2D eigenvalue weighted by Crippen LogP contribution is -2.49. The summed E-state index contributed by atoms with van der Waals surface area (Å²) in [6.45, 7) is 12.9. The highest BCUT2D eigenvalue weighted by atomic mass is 16.1. The average Bonchev–Trinajstić information content (AvgIpc) is 2.30. The third kappa shape index (κ3) is 2.53. The molecule has 2 rings (SSSR count). The van der Waals surface area contributed by atoms with Gasteiger partial charge in [0.1, 0.15) is 0 Å². The third-order valence-corrected chi connectivity index (χ3v) is 4.76. The van der Waals surface area contributed by atoms with Gasteiger partial charge in [-0.1, -0.05) is 53.7 Å². The maximum absolute atomic E-state index is 12.4. The second kappa shape index (κ2) is 4.68. The second-order valence-corrected chi connectivity index (χ2v) is 8.36. The van der Waals surface area contributed by atoms with E-state index in [1.165, 1.54) is 12.2 Å². The summed E-state index contributed by atoms with van der Waals surface area (Å²) in [5.74, 6) is 0.115. The first-order valence-corrected chi connectivity index (χ1v) is 7.47. The monoisotopic (exact) mass is 274 g/mol. The summed E-state index contributed by atoms with van der Waals surface area (Å²) in [5.41, 5.74) is -0.0210. The van der Waals surface area contributed by atoms with Crippen molar-refractivity contribution in [2.75, 3.05) is 0 Å². The Balaban J connectivity index is 2.54. The molecular weight excluding hydrogens is 248 g/mol. The summed E-state index contributed by atoms with van der Waals surface area (Å²) in [6, 6.07) is 0. The molecule has 2 aliphatic carbocycles. The highest BCUT2D eigenvalue weighted by molar-refractivity contribution is 6.08. The molecule has 0 fully saturated rings. The van der Waals surface area contributed by atoms with Crippen LogP contribution in [-0.4, -0.2) is 11.6 Å². The van der Waals surface area contributed by atoms with Crippen LogP contribution in [0.15, 0.2) is 24.3 Å². The number of rotatable bonds is 0. The van der Waals surface area contributed by atoms with Crippen LogP contribution in [0.2, 0.25) is 0 Å². The van der Waals surface area contributed by atoms with Crippen LogP contribution in [0.4, 0.5) is 0 Å². The molecule has 2 aliphatic rings. The van der Waals surface area contributed by atoms with Crippen molar-refractivity contribution >= 4 is 11.6 Å². The Kier molecular flexibility index (Phi) is 3.56. The first-order valence-electron chi connectivity index (χ1n) is 7.47. The molecule has 4 atom stereocenters. The van der Waals surface area contributed by atoms with Gasteiger partial charge in [-0.2, -0.15) is 0 Å². The molecule has 2 heteroatoms. The molecule has 0 saturated carbocycles. The molecule has 0 amide bonds. The van der Waals surface area contributed by atoms with Gasteiger partial charge < -0.3 is 0 Å². The van der Waals surface area contributed by atoms with E-state index < -0.39 is 0 Å². The zero-order chi connectivity index (χ0) is 15.3.